The molecule has 1 aromatic heterocycles. The number of likely N-dealkylation sites (N-methyl/N-ethyl adjacent to an activating group) is 1. The fourth-order valence-electron chi connectivity index (χ4n) is 1.64. The molecule has 0 aliphatic carbocycles. The Balaban J connectivity index is 1.96. The lowest BCUT2D eigenvalue weighted by Crippen LogP contribution is -2.36. The second-order valence-corrected chi connectivity index (χ2v) is 7.48. The van der Waals surface area contributed by atoms with Crippen LogP contribution in [0.15, 0.2) is 61.5 Å². The van der Waals surface area contributed by atoms with E-state index in [9.17, 15) is 13.2 Å². The maximum Gasteiger partial charge on any atom is 0.255 e. The van der Waals surface area contributed by atoms with Crippen molar-refractivity contribution in [2.24, 2.45) is 5.10 Å². The highest BCUT2D eigenvalue weighted by molar-refractivity contribution is 9.10. The molecule has 0 aliphatic rings. The number of sulfonamides is 1. The molecule has 9 heteroatoms. The van der Waals surface area contributed by atoms with Crippen LogP contribution < -0.4 is 5.43 Å². The number of furan rings is 1. The first kappa shape index (κ1) is 17.4. The summed E-state index contributed by atoms with van der Waals surface area (Å²) in [7, 11) is -2.41. The van der Waals surface area contributed by atoms with Crippen molar-refractivity contribution < 1.29 is 17.6 Å². The minimum Gasteiger partial charge on any atom is -0.463 e. The molecule has 0 radical (unpaired) electrons. The highest BCUT2D eigenvalue weighted by Crippen LogP contribution is 2.17. The monoisotopic (exact) mass is 399 g/mol. The van der Waals surface area contributed by atoms with Gasteiger partial charge in [-0.15, -0.1) is 0 Å². The van der Waals surface area contributed by atoms with Gasteiger partial charge in [-0.25, -0.2) is 13.8 Å². The van der Waals surface area contributed by atoms with Crippen LogP contribution in [-0.4, -0.2) is 38.4 Å². The summed E-state index contributed by atoms with van der Waals surface area (Å²) >= 11 is 3.24. The number of hydrazone groups is 1. The maximum atomic E-state index is 12.3. The molecule has 0 saturated heterocycles. The fraction of sp³-hybridized carbons (Fsp3) is 0.143. The summed E-state index contributed by atoms with van der Waals surface area (Å²) in [6.45, 7) is -0.353. The van der Waals surface area contributed by atoms with Crippen LogP contribution in [0.2, 0.25) is 0 Å². The lowest BCUT2D eigenvalue weighted by molar-refractivity contribution is -0.121. The van der Waals surface area contributed by atoms with Crippen LogP contribution in [0, 0.1) is 0 Å². The van der Waals surface area contributed by atoms with Gasteiger partial charge >= 0.3 is 0 Å². The van der Waals surface area contributed by atoms with Gasteiger partial charge in [-0.3, -0.25) is 4.79 Å². The largest absolute Gasteiger partial charge is 0.463 e. The number of carbonyl (C=O) groups excluding carboxylic acids is 1. The van der Waals surface area contributed by atoms with Crippen molar-refractivity contribution in [2.75, 3.05) is 13.6 Å². The Bertz CT molecular complexity index is 786. The van der Waals surface area contributed by atoms with Gasteiger partial charge in [0.2, 0.25) is 10.0 Å². The molecule has 0 spiro atoms. The summed E-state index contributed by atoms with van der Waals surface area (Å²) in [5.74, 6) is -0.0860. The molecule has 23 heavy (non-hydrogen) atoms. The Morgan fingerprint density at radius 3 is 2.65 bits per heavy atom. The minimum atomic E-state index is -3.74. The quantitative estimate of drug-likeness (QED) is 0.592. The number of benzene rings is 1. The topological polar surface area (TPSA) is 92.0 Å². The average molecular weight is 400 g/mol. The molecule has 7 nitrogen and oxygen atoms in total. The first-order chi connectivity index (χ1) is 10.9. The van der Waals surface area contributed by atoms with E-state index in [1.807, 2.05) is 0 Å². The predicted molar refractivity (Wildman–Crippen MR) is 88.4 cm³/mol. The summed E-state index contributed by atoms with van der Waals surface area (Å²) in [5, 5.41) is 3.69. The Morgan fingerprint density at radius 1 is 1.35 bits per heavy atom. The Kier molecular flexibility index (Phi) is 5.69. The molecule has 1 amide bonds. The van der Waals surface area contributed by atoms with E-state index in [1.54, 1.807) is 24.3 Å². The fourth-order valence-corrected chi connectivity index (χ4v) is 3.03. The molecular weight excluding hydrogens is 386 g/mol. The van der Waals surface area contributed by atoms with Crippen molar-refractivity contribution in [3.63, 3.8) is 0 Å². The Hall–Kier alpha value is -1.97. The third kappa shape index (κ3) is 4.75. The van der Waals surface area contributed by atoms with Crippen LogP contribution in [0.4, 0.5) is 0 Å². The van der Waals surface area contributed by atoms with Gasteiger partial charge < -0.3 is 4.42 Å². The lowest BCUT2D eigenvalue weighted by Gasteiger charge is -2.16. The molecule has 0 saturated carbocycles. The third-order valence-electron chi connectivity index (χ3n) is 2.81. The van der Waals surface area contributed by atoms with Gasteiger partial charge in [0, 0.05) is 11.5 Å². The van der Waals surface area contributed by atoms with Gasteiger partial charge in [0.1, 0.15) is 5.76 Å². The number of rotatable bonds is 6. The first-order valence-corrected chi connectivity index (χ1v) is 8.70. The zero-order chi connectivity index (χ0) is 16.9. The van der Waals surface area contributed by atoms with Crippen molar-refractivity contribution in [3.8, 4) is 0 Å². The normalized spacial score (nSPS) is 12.0. The van der Waals surface area contributed by atoms with E-state index < -0.39 is 15.9 Å². The molecule has 0 atom stereocenters. The number of carbonyl (C=O) groups is 1. The van der Waals surface area contributed by atoms with Gasteiger partial charge in [-0.05, 0) is 36.4 Å². The van der Waals surface area contributed by atoms with Crippen LogP contribution in [0.5, 0.6) is 0 Å². The summed E-state index contributed by atoms with van der Waals surface area (Å²) < 4.78 is 31.4. The number of amides is 1. The molecule has 0 aliphatic heterocycles. The van der Waals surface area contributed by atoms with Gasteiger partial charge in [0.15, 0.2) is 0 Å². The van der Waals surface area contributed by atoms with E-state index in [0.29, 0.717) is 5.76 Å². The van der Waals surface area contributed by atoms with E-state index in [0.717, 1.165) is 8.78 Å². The molecule has 0 fully saturated rings. The lowest BCUT2D eigenvalue weighted by atomic mass is 10.4. The maximum absolute atomic E-state index is 12.3. The van der Waals surface area contributed by atoms with E-state index >= 15 is 0 Å². The first-order valence-electron chi connectivity index (χ1n) is 6.47. The number of hydrogen-bond donors (Lipinski definition) is 1. The standard InChI is InChI=1S/C14H14BrN3O4S/c1-18(23(20,21)13-6-4-11(15)5-7-13)10-14(19)17-16-9-12-3-2-8-22-12/h2-9H,10H2,1H3,(H,17,19)/b16-9-. The molecule has 1 heterocycles. The minimum absolute atomic E-state index is 0.107. The van der Waals surface area contributed by atoms with Crippen LogP contribution in [-0.2, 0) is 14.8 Å². The molecule has 2 aromatic rings. The highest BCUT2D eigenvalue weighted by Gasteiger charge is 2.22. The second-order valence-electron chi connectivity index (χ2n) is 4.52. The van der Waals surface area contributed by atoms with Crippen LogP contribution in [0.3, 0.4) is 0 Å². The highest BCUT2D eigenvalue weighted by atomic mass is 79.9. The Morgan fingerprint density at radius 2 is 2.04 bits per heavy atom. The summed E-state index contributed by atoms with van der Waals surface area (Å²) in [6.07, 6.45) is 2.79. The number of hydrogen-bond acceptors (Lipinski definition) is 5. The average Bonchev–Trinajstić information content (AvgIpc) is 3.01. The molecule has 0 bridgehead atoms. The van der Waals surface area contributed by atoms with Crippen molar-refractivity contribution in [3.05, 3.63) is 52.9 Å². The Labute approximate surface area is 142 Å². The molecule has 2 rings (SSSR count). The number of nitrogens with zero attached hydrogens (tertiary/aromatic N) is 2. The summed E-state index contributed by atoms with van der Waals surface area (Å²) in [4.78, 5) is 11.9. The second kappa shape index (κ2) is 7.53. The van der Waals surface area contributed by atoms with Gasteiger partial charge in [-0.1, -0.05) is 15.9 Å². The number of nitrogens with one attached hydrogen (secondary N) is 1. The summed E-state index contributed by atoms with van der Waals surface area (Å²) in [5.41, 5.74) is 2.24. The van der Waals surface area contributed by atoms with Crippen molar-refractivity contribution in [2.45, 2.75) is 4.90 Å². The van der Waals surface area contributed by atoms with Crippen LogP contribution in [0.1, 0.15) is 5.76 Å². The SMILES string of the molecule is CN(CC(=O)N/N=C\c1ccco1)S(=O)(=O)c1ccc(Br)cc1. The smallest absolute Gasteiger partial charge is 0.255 e. The van der Waals surface area contributed by atoms with Gasteiger partial charge in [0.05, 0.1) is 23.9 Å². The van der Waals surface area contributed by atoms with E-state index in [-0.39, 0.29) is 11.4 Å². The van der Waals surface area contributed by atoms with Gasteiger partial charge in [0.25, 0.3) is 5.91 Å². The van der Waals surface area contributed by atoms with E-state index in [4.69, 9.17) is 4.42 Å². The van der Waals surface area contributed by atoms with Gasteiger partial charge in [-0.2, -0.15) is 9.41 Å². The molecule has 122 valence electrons. The predicted octanol–water partition coefficient (Wildman–Crippen LogP) is 1.81. The van der Waals surface area contributed by atoms with E-state index in [1.165, 1.54) is 31.7 Å². The van der Waals surface area contributed by atoms with Crippen molar-refractivity contribution in [1.29, 1.82) is 0 Å². The summed E-state index contributed by atoms with van der Waals surface area (Å²) in [6, 6.07) is 9.51. The third-order valence-corrected chi connectivity index (χ3v) is 5.16. The molecular formula is C14H14BrN3O4S. The van der Waals surface area contributed by atoms with Crippen LogP contribution in [0.25, 0.3) is 0 Å². The molecule has 1 N–H and O–H groups in total. The molecule has 1 aromatic carbocycles. The van der Waals surface area contributed by atoms with E-state index in [2.05, 4.69) is 26.5 Å². The number of halogens is 1. The zero-order valence-corrected chi connectivity index (χ0v) is 14.5. The molecule has 0 unspecified atom stereocenters. The van der Waals surface area contributed by atoms with Crippen LogP contribution >= 0.6 is 15.9 Å². The zero-order valence-electron chi connectivity index (χ0n) is 12.1. The van der Waals surface area contributed by atoms with Crippen molar-refractivity contribution >= 4 is 38.1 Å². The van der Waals surface area contributed by atoms with Crippen molar-refractivity contribution in [1.82, 2.24) is 9.73 Å².